The molecule has 2 heterocycles. The Morgan fingerprint density at radius 3 is 2.17 bits per heavy atom. The van der Waals surface area contributed by atoms with Gasteiger partial charge >= 0.3 is 0 Å². The molecule has 0 saturated carbocycles. The van der Waals surface area contributed by atoms with Crippen LogP contribution in [0.25, 0.3) is 22.4 Å². The minimum absolute atomic E-state index is 0.139. The lowest BCUT2D eigenvalue weighted by molar-refractivity contribution is -0.721. The van der Waals surface area contributed by atoms with Gasteiger partial charge in [-0.3, -0.25) is 0 Å². The molecule has 0 fully saturated rings. The average molecular weight is 385 g/mol. The van der Waals surface area contributed by atoms with Gasteiger partial charge in [0.05, 0.1) is 11.0 Å². The molecule has 4 rings (SSSR count). The summed E-state index contributed by atoms with van der Waals surface area (Å²) in [5, 5.41) is 0. The minimum Gasteiger partial charge on any atom is -0.195 e. The van der Waals surface area contributed by atoms with Crippen LogP contribution in [0.4, 0.5) is 0 Å². The van der Waals surface area contributed by atoms with Crippen LogP contribution in [0.2, 0.25) is 0 Å². The molecule has 3 aromatic rings. The molecule has 0 N–H and O–H groups in total. The van der Waals surface area contributed by atoms with E-state index in [-0.39, 0.29) is 10.8 Å². The first-order valence-electron chi connectivity index (χ1n) is 11.1. The number of hydrogen-bond donors (Lipinski definition) is 0. The molecular formula is C28H34N+. The predicted octanol–water partition coefficient (Wildman–Crippen LogP) is 7.24. The average Bonchev–Trinajstić information content (AvgIpc) is 2.74. The molecule has 1 unspecified atom stereocenters. The van der Waals surface area contributed by atoms with Gasteiger partial charge in [-0.2, -0.15) is 4.57 Å². The molecular weight excluding hydrogens is 350 g/mol. The molecule has 29 heavy (non-hydrogen) atoms. The van der Waals surface area contributed by atoms with E-state index in [4.69, 9.17) is 0 Å². The van der Waals surface area contributed by atoms with Crippen molar-refractivity contribution < 1.29 is 4.57 Å². The van der Waals surface area contributed by atoms with Crippen molar-refractivity contribution in [3.05, 3.63) is 78.0 Å². The van der Waals surface area contributed by atoms with Gasteiger partial charge < -0.3 is 0 Å². The highest BCUT2D eigenvalue weighted by molar-refractivity contribution is 5.75. The van der Waals surface area contributed by atoms with Crippen LogP contribution in [0.1, 0.15) is 71.6 Å². The Labute approximate surface area is 176 Å². The third kappa shape index (κ3) is 3.12. The summed E-state index contributed by atoms with van der Waals surface area (Å²) >= 11 is 0. The third-order valence-electron chi connectivity index (χ3n) is 7.27. The number of pyridine rings is 1. The standard InChI is InChI=1S/C28H34N/c1-7-28(8-2)20(3)29-17-16-23(27(4,5)6)19-26(29)24-18-22(14-15-25(24)28)21-12-10-9-11-13-21/h9-20H,7-8H2,1-6H3/q+1. The maximum atomic E-state index is 2.53. The molecule has 0 spiro atoms. The van der Waals surface area contributed by atoms with Crippen molar-refractivity contribution in [1.82, 2.24) is 0 Å². The first kappa shape index (κ1) is 19.9. The second kappa shape index (κ2) is 7.13. The van der Waals surface area contributed by atoms with Crippen molar-refractivity contribution in [2.24, 2.45) is 0 Å². The summed E-state index contributed by atoms with van der Waals surface area (Å²) in [6.45, 7) is 14.0. The van der Waals surface area contributed by atoms with Crippen LogP contribution in [-0.2, 0) is 10.8 Å². The first-order valence-corrected chi connectivity index (χ1v) is 11.1. The fourth-order valence-electron chi connectivity index (χ4n) is 5.25. The van der Waals surface area contributed by atoms with Gasteiger partial charge in [-0.1, -0.05) is 77.1 Å². The van der Waals surface area contributed by atoms with E-state index in [9.17, 15) is 0 Å². The lowest BCUT2D eigenvalue weighted by atomic mass is 9.66. The van der Waals surface area contributed by atoms with Gasteiger partial charge in [0.2, 0.25) is 5.69 Å². The zero-order chi connectivity index (χ0) is 20.8. The van der Waals surface area contributed by atoms with E-state index in [2.05, 4.69) is 113 Å². The monoisotopic (exact) mass is 384 g/mol. The molecule has 1 nitrogen and oxygen atoms in total. The van der Waals surface area contributed by atoms with E-state index in [1.807, 2.05) is 0 Å². The van der Waals surface area contributed by atoms with Crippen molar-refractivity contribution in [1.29, 1.82) is 0 Å². The van der Waals surface area contributed by atoms with E-state index in [1.165, 1.54) is 33.5 Å². The van der Waals surface area contributed by atoms with E-state index in [0.29, 0.717) is 6.04 Å². The number of rotatable bonds is 3. The Kier molecular flexibility index (Phi) is 4.89. The van der Waals surface area contributed by atoms with Gasteiger partial charge in [-0.15, -0.1) is 0 Å². The maximum Gasteiger partial charge on any atom is 0.213 e. The molecule has 0 radical (unpaired) electrons. The van der Waals surface area contributed by atoms with Gasteiger partial charge in [0.25, 0.3) is 0 Å². The molecule has 0 bridgehead atoms. The van der Waals surface area contributed by atoms with Crippen molar-refractivity contribution in [2.75, 3.05) is 0 Å². The van der Waals surface area contributed by atoms with Gasteiger partial charge in [0.1, 0.15) is 0 Å². The van der Waals surface area contributed by atoms with E-state index < -0.39 is 0 Å². The number of fused-ring (bicyclic) bond motifs is 3. The Morgan fingerprint density at radius 1 is 0.862 bits per heavy atom. The summed E-state index contributed by atoms with van der Waals surface area (Å²) in [5.41, 5.74) is 8.56. The van der Waals surface area contributed by atoms with E-state index in [0.717, 1.165) is 12.8 Å². The van der Waals surface area contributed by atoms with Crippen LogP contribution < -0.4 is 4.57 Å². The Morgan fingerprint density at radius 2 is 1.55 bits per heavy atom. The first-order chi connectivity index (χ1) is 13.8. The van der Waals surface area contributed by atoms with Crippen LogP contribution in [0.15, 0.2) is 66.9 Å². The van der Waals surface area contributed by atoms with Crippen LogP contribution in [-0.4, -0.2) is 0 Å². The van der Waals surface area contributed by atoms with Crippen LogP contribution in [0.5, 0.6) is 0 Å². The van der Waals surface area contributed by atoms with Crippen LogP contribution >= 0.6 is 0 Å². The second-order valence-corrected chi connectivity index (χ2v) is 9.62. The summed E-state index contributed by atoms with van der Waals surface area (Å²) in [4.78, 5) is 0. The number of nitrogens with zero attached hydrogens (tertiary/aromatic N) is 1. The number of aromatic nitrogens is 1. The van der Waals surface area contributed by atoms with Crippen molar-refractivity contribution in [3.63, 3.8) is 0 Å². The van der Waals surface area contributed by atoms with Gasteiger partial charge in [0, 0.05) is 12.1 Å². The van der Waals surface area contributed by atoms with Crippen molar-refractivity contribution in [2.45, 2.75) is 71.3 Å². The largest absolute Gasteiger partial charge is 0.213 e. The predicted molar refractivity (Wildman–Crippen MR) is 123 cm³/mol. The summed E-state index contributed by atoms with van der Waals surface area (Å²) in [6.07, 6.45) is 4.63. The Balaban J connectivity index is 2.01. The Bertz CT molecular complexity index is 1020. The van der Waals surface area contributed by atoms with Gasteiger partial charge in [-0.25, -0.2) is 0 Å². The zero-order valence-electron chi connectivity index (χ0n) is 18.8. The van der Waals surface area contributed by atoms with Gasteiger partial charge in [0.15, 0.2) is 12.2 Å². The van der Waals surface area contributed by atoms with Crippen molar-refractivity contribution >= 4 is 0 Å². The maximum absolute atomic E-state index is 2.53. The number of benzene rings is 2. The SMILES string of the molecule is CCC1(CC)c2ccc(-c3ccccc3)cc2-c2cc(C(C)(C)C)cc[n+]2C1C. The lowest BCUT2D eigenvalue weighted by Crippen LogP contribution is -2.54. The molecule has 1 aliphatic rings. The Hall–Kier alpha value is -2.41. The summed E-state index contributed by atoms with van der Waals surface area (Å²) in [7, 11) is 0. The summed E-state index contributed by atoms with van der Waals surface area (Å²) in [5.74, 6) is 0. The molecule has 150 valence electrons. The summed E-state index contributed by atoms with van der Waals surface area (Å²) < 4.78 is 2.53. The molecule has 1 atom stereocenters. The third-order valence-corrected chi connectivity index (χ3v) is 7.27. The number of hydrogen-bond acceptors (Lipinski definition) is 0. The highest BCUT2D eigenvalue weighted by atomic mass is 15.0. The van der Waals surface area contributed by atoms with E-state index in [1.54, 1.807) is 0 Å². The second-order valence-electron chi connectivity index (χ2n) is 9.62. The molecule has 1 aromatic heterocycles. The van der Waals surface area contributed by atoms with Gasteiger partial charge in [-0.05, 0) is 53.5 Å². The fraction of sp³-hybridized carbons (Fsp3) is 0.393. The molecule has 2 aromatic carbocycles. The fourth-order valence-corrected chi connectivity index (χ4v) is 5.25. The lowest BCUT2D eigenvalue weighted by Gasteiger charge is -2.40. The molecule has 1 aliphatic heterocycles. The zero-order valence-corrected chi connectivity index (χ0v) is 18.8. The quantitative estimate of drug-likeness (QED) is 0.419. The minimum atomic E-state index is 0.139. The topological polar surface area (TPSA) is 3.88 Å². The van der Waals surface area contributed by atoms with Crippen LogP contribution in [0, 0.1) is 0 Å². The van der Waals surface area contributed by atoms with Crippen molar-refractivity contribution in [3.8, 4) is 22.4 Å². The molecule has 1 heteroatoms. The van der Waals surface area contributed by atoms with E-state index >= 15 is 0 Å². The normalized spacial score (nSPS) is 17.5. The molecule has 0 aliphatic carbocycles. The smallest absolute Gasteiger partial charge is 0.195 e. The van der Waals surface area contributed by atoms with Crippen LogP contribution in [0.3, 0.4) is 0 Å². The molecule has 0 amide bonds. The highest BCUT2D eigenvalue weighted by Gasteiger charge is 2.47. The molecule has 0 saturated heterocycles. The summed E-state index contributed by atoms with van der Waals surface area (Å²) in [6, 6.07) is 23.1. The highest BCUT2D eigenvalue weighted by Crippen LogP contribution is 2.48.